The Morgan fingerprint density at radius 3 is 2.28 bits per heavy atom. The van der Waals surface area contributed by atoms with E-state index in [9.17, 15) is 14.4 Å². The lowest BCUT2D eigenvalue weighted by molar-refractivity contribution is -0.147. The second-order valence-electron chi connectivity index (χ2n) is 6.87. The number of hydrogen-bond donors (Lipinski definition) is 1. The SMILES string of the molecule is COc1cc(N2CC(C(=O)NCCC(=O)OC(C)C)CC2=O)cc(OC)c1OC. The van der Waals surface area contributed by atoms with Gasteiger partial charge in [0, 0.05) is 31.6 Å². The lowest BCUT2D eigenvalue weighted by atomic mass is 10.1. The molecule has 0 aliphatic carbocycles. The van der Waals surface area contributed by atoms with Crippen LogP contribution in [0.15, 0.2) is 12.1 Å². The Bertz CT molecular complexity index is 738. The molecule has 1 unspecified atom stereocenters. The predicted octanol–water partition coefficient (Wildman–Crippen LogP) is 1.52. The van der Waals surface area contributed by atoms with E-state index in [1.54, 1.807) is 26.0 Å². The lowest BCUT2D eigenvalue weighted by Gasteiger charge is -2.20. The molecule has 1 fully saturated rings. The molecule has 1 saturated heterocycles. The Labute approximate surface area is 170 Å². The summed E-state index contributed by atoms with van der Waals surface area (Å²) in [6.07, 6.45) is -0.0298. The van der Waals surface area contributed by atoms with Crippen molar-refractivity contribution in [1.82, 2.24) is 5.32 Å². The minimum atomic E-state index is -0.511. The average Bonchev–Trinajstić information content (AvgIpc) is 3.07. The van der Waals surface area contributed by atoms with Crippen molar-refractivity contribution in [2.45, 2.75) is 32.8 Å². The van der Waals surface area contributed by atoms with Crippen LogP contribution in [0.1, 0.15) is 26.7 Å². The molecule has 1 N–H and O–H groups in total. The molecular weight excluding hydrogens is 380 g/mol. The van der Waals surface area contributed by atoms with E-state index in [-0.39, 0.29) is 49.8 Å². The molecule has 2 rings (SSSR count). The van der Waals surface area contributed by atoms with Gasteiger partial charge < -0.3 is 29.2 Å². The fourth-order valence-corrected chi connectivity index (χ4v) is 3.11. The number of nitrogens with zero attached hydrogens (tertiary/aromatic N) is 1. The Morgan fingerprint density at radius 1 is 1.14 bits per heavy atom. The van der Waals surface area contributed by atoms with Crippen LogP contribution in [-0.4, -0.2) is 58.3 Å². The number of benzene rings is 1. The molecule has 1 aromatic carbocycles. The molecular formula is C20H28N2O7. The molecule has 160 valence electrons. The monoisotopic (exact) mass is 408 g/mol. The molecule has 29 heavy (non-hydrogen) atoms. The number of esters is 1. The van der Waals surface area contributed by atoms with E-state index in [1.165, 1.54) is 26.2 Å². The molecule has 1 atom stereocenters. The topological polar surface area (TPSA) is 103 Å². The summed E-state index contributed by atoms with van der Waals surface area (Å²) >= 11 is 0. The molecule has 0 spiro atoms. The molecule has 9 nitrogen and oxygen atoms in total. The van der Waals surface area contributed by atoms with Crippen molar-refractivity contribution in [2.75, 3.05) is 39.3 Å². The maximum absolute atomic E-state index is 12.5. The number of amides is 2. The summed E-state index contributed by atoms with van der Waals surface area (Å²) in [6, 6.07) is 3.34. The first-order chi connectivity index (χ1) is 13.8. The van der Waals surface area contributed by atoms with E-state index in [2.05, 4.69) is 5.32 Å². The number of nitrogens with one attached hydrogen (secondary N) is 1. The molecule has 0 saturated carbocycles. The van der Waals surface area contributed by atoms with Crippen LogP contribution in [-0.2, 0) is 19.1 Å². The van der Waals surface area contributed by atoms with E-state index in [0.717, 1.165) is 0 Å². The fraction of sp³-hybridized carbons (Fsp3) is 0.550. The van der Waals surface area contributed by atoms with Crippen LogP contribution in [0.3, 0.4) is 0 Å². The predicted molar refractivity (Wildman–Crippen MR) is 105 cm³/mol. The van der Waals surface area contributed by atoms with Crippen molar-refractivity contribution in [1.29, 1.82) is 0 Å². The summed E-state index contributed by atoms with van der Waals surface area (Å²) < 4.78 is 21.0. The number of rotatable bonds is 9. The van der Waals surface area contributed by atoms with Crippen LogP contribution in [0.25, 0.3) is 0 Å². The van der Waals surface area contributed by atoms with Crippen molar-refractivity contribution in [3.05, 3.63) is 12.1 Å². The molecule has 1 heterocycles. The maximum atomic E-state index is 12.5. The van der Waals surface area contributed by atoms with Crippen LogP contribution in [0.5, 0.6) is 17.2 Å². The minimum Gasteiger partial charge on any atom is -0.493 e. The number of hydrogen-bond acceptors (Lipinski definition) is 7. The summed E-state index contributed by atoms with van der Waals surface area (Å²) in [5.41, 5.74) is 0.556. The quantitative estimate of drug-likeness (QED) is 0.618. The van der Waals surface area contributed by atoms with Gasteiger partial charge in [-0.05, 0) is 13.8 Å². The Kier molecular flexibility index (Phi) is 7.69. The Hall–Kier alpha value is -2.97. The van der Waals surface area contributed by atoms with Crippen molar-refractivity contribution >= 4 is 23.5 Å². The summed E-state index contributed by atoms with van der Waals surface area (Å²) in [6.45, 7) is 3.91. The van der Waals surface area contributed by atoms with Crippen LogP contribution >= 0.6 is 0 Å². The van der Waals surface area contributed by atoms with Crippen molar-refractivity contribution in [2.24, 2.45) is 5.92 Å². The van der Waals surface area contributed by atoms with E-state index in [4.69, 9.17) is 18.9 Å². The van der Waals surface area contributed by atoms with E-state index >= 15 is 0 Å². The van der Waals surface area contributed by atoms with Gasteiger partial charge >= 0.3 is 5.97 Å². The highest BCUT2D eigenvalue weighted by molar-refractivity contribution is 6.00. The fourth-order valence-electron chi connectivity index (χ4n) is 3.11. The molecule has 1 aromatic rings. The van der Waals surface area contributed by atoms with Crippen molar-refractivity contribution in [3.8, 4) is 17.2 Å². The van der Waals surface area contributed by atoms with Crippen molar-refractivity contribution < 1.29 is 33.3 Å². The highest BCUT2D eigenvalue weighted by Gasteiger charge is 2.36. The minimum absolute atomic E-state index is 0.0823. The number of carbonyl (C=O) groups excluding carboxylic acids is 3. The van der Waals surface area contributed by atoms with Gasteiger partial charge in [-0.3, -0.25) is 14.4 Å². The largest absolute Gasteiger partial charge is 0.493 e. The molecule has 0 aromatic heterocycles. The second-order valence-corrected chi connectivity index (χ2v) is 6.87. The zero-order chi connectivity index (χ0) is 21.6. The first-order valence-electron chi connectivity index (χ1n) is 9.38. The number of anilines is 1. The van der Waals surface area contributed by atoms with Gasteiger partial charge in [-0.2, -0.15) is 0 Å². The van der Waals surface area contributed by atoms with Gasteiger partial charge in [0.1, 0.15) is 0 Å². The van der Waals surface area contributed by atoms with Gasteiger partial charge in [-0.1, -0.05) is 0 Å². The second kappa shape index (κ2) is 9.99. The highest BCUT2D eigenvalue weighted by atomic mass is 16.5. The normalized spacial score (nSPS) is 16.0. The third-order valence-corrected chi connectivity index (χ3v) is 4.45. The van der Waals surface area contributed by atoms with E-state index < -0.39 is 5.92 Å². The Balaban J connectivity index is 2.03. The first-order valence-corrected chi connectivity index (χ1v) is 9.38. The lowest BCUT2D eigenvalue weighted by Crippen LogP contribution is -2.34. The standard InChI is InChI=1S/C20H28N2O7/c1-12(2)29-18(24)6-7-21-20(25)13-8-17(23)22(11-13)14-9-15(26-3)19(28-5)16(10-14)27-4/h9-10,12-13H,6-8,11H2,1-5H3,(H,21,25). The zero-order valence-corrected chi connectivity index (χ0v) is 17.4. The van der Waals surface area contributed by atoms with Crippen LogP contribution in [0.2, 0.25) is 0 Å². The molecule has 1 aliphatic rings. The smallest absolute Gasteiger partial charge is 0.307 e. The van der Waals surface area contributed by atoms with Gasteiger partial charge in [0.05, 0.1) is 45.5 Å². The Morgan fingerprint density at radius 2 is 1.76 bits per heavy atom. The molecule has 2 amide bonds. The zero-order valence-electron chi connectivity index (χ0n) is 17.4. The number of methoxy groups -OCH3 is 3. The highest BCUT2D eigenvalue weighted by Crippen LogP contribution is 2.42. The summed E-state index contributed by atoms with van der Waals surface area (Å²) in [4.78, 5) is 38.0. The van der Waals surface area contributed by atoms with Gasteiger partial charge in [0.15, 0.2) is 11.5 Å². The van der Waals surface area contributed by atoms with E-state index in [0.29, 0.717) is 22.9 Å². The van der Waals surface area contributed by atoms with Gasteiger partial charge in [-0.25, -0.2) is 0 Å². The molecule has 1 aliphatic heterocycles. The third-order valence-electron chi connectivity index (χ3n) is 4.45. The van der Waals surface area contributed by atoms with Crippen molar-refractivity contribution in [3.63, 3.8) is 0 Å². The molecule has 0 radical (unpaired) electrons. The summed E-state index contributed by atoms with van der Waals surface area (Å²) in [5.74, 6) is -0.0701. The van der Waals surface area contributed by atoms with Crippen LogP contribution in [0, 0.1) is 5.92 Å². The summed E-state index contributed by atoms with van der Waals surface area (Å²) in [5, 5.41) is 2.70. The van der Waals surface area contributed by atoms with Gasteiger partial charge in [0.2, 0.25) is 17.6 Å². The maximum Gasteiger partial charge on any atom is 0.307 e. The van der Waals surface area contributed by atoms with Crippen LogP contribution < -0.4 is 24.4 Å². The molecule has 9 heteroatoms. The van der Waals surface area contributed by atoms with Gasteiger partial charge in [0.25, 0.3) is 0 Å². The third kappa shape index (κ3) is 5.52. The van der Waals surface area contributed by atoms with Gasteiger partial charge in [-0.15, -0.1) is 0 Å². The van der Waals surface area contributed by atoms with Crippen LogP contribution in [0.4, 0.5) is 5.69 Å². The van der Waals surface area contributed by atoms with E-state index in [1.807, 2.05) is 0 Å². The molecule has 0 bridgehead atoms. The first kappa shape index (κ1) is 22.3. The number of carbonyl (C=O) groups is 3. The average molecular weight is 408 g/mol. The number of ether oxygens (including phenoxy) is 4. The summed E-state index contributed by atoms with van der Waals surface area (Å²) in [7, 11) is 4.49.